The number of hydrogen-bond donors (Lipinski definition) is 2. The van der Waals surface area contributed by atoms with Gasteiger partial charge in [-0.05, 0) is 6.42 Å². The highest BCUT2D eigenvalue weighted by atomic mass is 35.5. The van der Waals surface area contributed by atoms with E-state index in [9.17, 15) is 4.79 Å². The van der Waals surface area contributed by atoms with Crippen molar-refractivity contribution < 1.29 is 9.90 Å². The fourth-order valence-electron chi connectivity index (χ4n) is 1.27. The topological polar surface area (TPSA) is 75.1 Å². The van der Waals surface area contributed by atoms with E-state index in [0.29, 0.717) is 16.1 Å². The van der Waals surface area contributed by atoms with Crippen LogP contribution >= 0.6 is 23.4 Å². The molecule has 100 valence electrons. The summed E-state index contributed by atoms with van der Waals surface area (Å²) in [5.74, 6) is -0.338. The zero-order chi connectivity index (χ0) is 13.4. The average molecular weight is 290 g/mol. The zero-order valence-electron chi connectivity index (χ0n) is 10.1. The van der Waals surface area contributed by atoms with Gasteiger partial charge >= 0.3 is 5.97 Å². The molecule has 18 heavy (non-hydrogen) atoms. The Labute approximate surface area is 115 Å². The van der Waals surface area contributed by atoms with Gasteiger partial charge < -0.3 is 10.4 Å². The third kappa shape index (κ3) is 6.07. The number of aromatic nitrogens is 2. The number of halogens is 1. The van der Waals surface area contributed by atoms with Gasteiger partial charge in [-0.15, -0.1) is 0 Å². The minimum Gasteiger partial charge on any atom is -0.481 e. The molecule has 1 rings (SSSR count). The molecule has 1 heterocycles. The van der Waals surface area contributed by atoms with Crippen molar-refractivity contribution in [1.29, 1.82) is 0 Å². The lowest BCUT2D eigenvalue weighted by Gasteiger charge is -2.06. The first-order valence-corrected chi connectivity index (χ1v) is 7.11. The van der Waals surface area contributed by atoms with E-state index in [1.165, 1.54) is 0 Å². The standard InChI is InChI=1S/C11H16ClN3O2S/c1-2-3-4-5-13-9-6-8(12)14-11(15-9)18-7-10(16)17/h6H,2-5,7H2,1H3,(H,16,17)(H,13,14,15). The van der Waals surface area contributed by atoms with E-state index in [4.69, 9.17) is 16.7 Å². The van der Waals surface area contributed by atoms with Gasteiger partial charge in [0, 0.05) is 12.6 Å². The Morgan fingerprint density at radius 3 is 2.94 bits per heavy atom. The van der Waals surface area contributed by atoms with E-state index in [0.717, 1.165) is 37.6 Å². The number of nitrogens with one attached hydrogen (secondary N) is 1. The molecule has 0 atom stereocenters. The van der Waals surface area contributed by atoms with E-state index >= 15 is 0 Å². The first-order chi connectivity index (χ1) is 8.61. The minimum atomic E-state index is -0.902. The first-order valence-electron chi connectivity index (χ1n) is 5.75. The largest absolute Gasteiger partial charge is 0.481 e. The molecule has 5 nitrogen and oxygen atoms in total. The smallest absolute Gasteiger partial charge is 0.313 e. The van der Waals surface area contributed by atoms with Gasteiger partial charge in [0.25, 0.3) is 0 Å². The lowest BCUT2D eigenvalue weighted by Crippen LogP contribution is -2.05. The number of carbonyl (C=O) groups is 1. The van der Waals surface area contributed by atoms with Crippen LogP contribution in [0.5, 0.6) is 0 Å². The summed E-state index contributed by atoms with van der Waals surface area (Å²) in [4.78, 5) is 18.6. The van der Waals surface area contributed by atoms with E-state index < -0.39 is 5.97 Å². The second kappa shape index (κ2) is 8.16. The Bertz CT molecular complexity index is 404. The van der Waals surface area contributed by atoms with Crippen molar-refractivity contribution in [3.8, 4) is 0 Å². The Kier molecular flexibility index (Phi) is 6.82. The molecule has 0 aliphatic carbocycles. The predicted octanol–water partition coefficient (Wildman–Crippen LogP) is 2.91. The quantitative estimate of drug-likeness (QED) is 0.332. The minimum absolute atomic E-state index is 0.0738. The van der Waals surface area contributed by atoms with Gasteiger partial charge in [0.1, 0.15) is 11.0 Å². The molecule has 0 spiro atoms. The van der Waals surface area contributed by atoms with Gasteiger partial charge in [0.15, 0.2) is 5.16 Å². The molecule has 0 unspecified atom stereocenters. The molecule has 7 heteroatoms. The second-order valence-corrected chi connectivity index (χ2v) is 5.00. The van der Waals surface area contributed by atoms with Crippen molar-refractivity contribution in [2.24, 2.45) is 0 Å². The van der Waals surface area contributed by atoms with E-state index in [1.54, 1.807) is 6.07 Å². The molecule has 2 N–H and O–H groups in total. The van der Waals surface area contributed by atoms with E-state index in [2.05, 4.69) is 22.2 Å². The van der Waals surface area contributed by atoms with Crippen molar-refractivity contribution in [2.75, 3.05) is 17.6 Å². The number of hydrogen-bond acceptors (Lipinski definition) is 5. The second-order valence-electron chi connectivity index (χ2n) is 3.67. The summed E-state index contributed by atoms with van der Waals surface area (Å²) in [6.45, 7) is 2.96. The summed E-state index contributed by atoms with van der Waals surface area (Å²) >= 11 is 6.91. The van der Waals surface area contributed by atoms with Crippen LogP contribution in [0.2, 0.25) is 5.15 Å². The average Bonchev–Trinajstić information content (AvgIpc) is 2.32. The first kappa shape index (κ1) is 15.0. The number of rotatable bonds is 8. The number of thioether (sulfide) groups is 1. The Morgan fingerprint density at radius 1 is 1.50 bits per heavy atom. The van der Waals surface area contributed by atoms with Gasteiger partial charge in [-0.1, -0.05) is 43.1 Å². The number of carboxylic acids is 1. The van der Waals surface area contributed by atoms with Crippen LogP contribution in [-0.2, 0) is 4.79 Å². The molecule has 1 aromatic heterocycles. The molecule has 0 aromatic carbocycles. The van der Waals surface area contributed by atoms with Crippen molar-refractivity contribution >= 4 is 35.1 Å². The van der Waals surface area contributed by atoms with E-state index in [1.807, 2.05) is 0 Å². The molecule has 0 aliphatic heterocycles. The van der Waals surface area contributed by atoms with Crippen molar-refractivity contribution in [3.05, 3.63) is 11.2 Å². The molecular formula is C11H16ClN3O2S. The normalized spacial score (nSPS) is 10.3. The summed E-state index contributed by atoms with van der Waals surface area (Å²) in [7, 11) is 0. The van der Waals surface area contributed by atoms with Crippen molar-refractivity contribution in [1.82, 2.24) is 9.97 Å². The van der Waals surface area contributed by atoms with Crippen LogP contribution in [0.25, 0.3) is 0 Å². The van der Waals surface area contributed by atoms with Crippen LogP contribution in [0.1, 0.15) is 26.2 Å². The lowest BCUT2D eigenvalue weighted by atomic mass is 10.2. The Morgan fingerprint density at radius 2 is 2.28 bits per heavy atom. The van der Waals surface area contributed by atoms with Crippen LogP contribution < -0.4 is 5.32 Å². The van der Waals surface area contributed by atoms with Gasteiger partial charge in [0.05, 0.1) is 5.75 Å². The monoisotopic (exact) mass is 289 g/mol. The number of carboxylic acid groups (broad SMARTS) is 1. The maximum atomic E-state index is 10.5. The number of unbranched alkanes of at least 4 members (excludes halogenated alkanes) is 2. The predicted molar refractivity (Wildman–Crippen MR) is 73.4 cm³/mol. The van der Waals surface area contributed by atoms with Crippen LogP contribution in [0.3, 0.4) is 0 Å². The summed E-state index contributed by atoms with van der Waals surface area (Å²) in [6.07, 6.45) is 3.38. The van der Waals surface area contributed by atoms with Gasteiger partial charge in [0.2, 0.25) is 0 Å². The maximum absolute atomic E-state index is 10.5. The summed E-state index contributed by atoms with van der Waals surface area (Å²) in [6, 6.07) is 1.64. The molecule has 0 fully saturated rings. The highest BCUT2D eigenvalue weighted by molar-refractivity contribution is 7.99. The SMILES string of the molecule is CCCCCNc1cc(Cl)nc(SCC(=O)O)n1. The number of anilines is 1. The molecular weight excluding hydrogens is 274 g/mol. The lowest BCUT2D eigenvalue weighted by molar-refractivity contribution is -0.133. The summed E-state index contributed by atoms with van der Waals surface area (Å²) in [5, 5.41) is 12.4. The third-order valence-corrected chi connectivity index (χ3v) is 3.11. The fourth-order valence-corrected chi connectivity index (χ4v) is 2.08. The molecule has 0 radical (unpaired) electrons. The number of nitrogens with zero attached hydrogens (tertiary/aromatic N) is 2. The van der Waals surface area contributed by atoms with Crippen molar-refractivity contribution in [3.63, 3.8) is 0 Å². The summed E-state index contributed by atoms with van der Waals surface area (Å²) < 4.78 is 0. The van der Waals surface area contributed by atoms with Crippen LogP contribution in [-0.4, -0.2) is 33.3 Å². The maximum Gasteiger partial charge on any atom is 0.313 e. The molecule has 0 aliphatic rings. The van der Waals surface area contributed by atoms with Crippen LogP contribution in [0.15, 0.2) is 11.2 Å². The molecule has 0 amide bonds. The highest BCUT2D eigenvalue weighted by Crippen LogP contribution is 2.19. The number of aliphatic carboxylic acids is 1. The van der Waals surface area contributed by atoms with Crippen LogP contribution in [0.4, 0.5) is 5.82 Å². The third-order valence-electron chi connectivity index (χ3n) is 2.09. The van der Waals surface area contributed by atoms with Crippen LogP contribution in [0, 0.1) is 0 Å². The van der Waals surface area contributed by atoms with E-state index in [-0.39, 0.29) is 5.75 Å². The Hall–Kier alpha value is -1.01. The molecule has 0 saturated heterocycles. The molecule has 0 saturated carbocycles. The van der Waals surface area contributed by atoms with Gasteiger partial charge in [-0.3, -0.25) is 4.79 Å². The fraction of sp³-hybridized carbons (Fsp3) is 0.545. The Balaban J connectivity index is 2.54. The summed E-state index contributed by atoms with van der Waals surface area (Å²) in [5.41, 5.74) is 0. The van der Waals surface area contributed by atoms with Crippen molar-refractivity contribution in [2.45, 2.75) is 31.3 Å². The van der Waals surface area contributed by atoms with Gasteiger partial charge in [-0.2, -0.15) is 0 Å². The molecule has 1 aromatic rings. The highest BCUT2D eigenvalue weighted by Gasteiger charge is 2.06. The molecule has 0 bridgehead atoms. The zero-order valence-corrected chi connectivity index (χ0v) is 11.7. The van der Waals surface area contributed by atoms with Gasteiger partial charge in [-0.25, -0.2) is 9.97 Å².